The Morgan fingerprint density at radius 1 is 1.48 bits per heavy atom. The smallest absolute Gasteiger partial charge is 0.250 e. The molecule has 1 aliphatic heterocycles. The molecule has 0 saturated carbocycles. The molecule has 8 heteroatoms. The Morgan fingerprint density at radius 2 is 2.29 bits per heavy atom. The molecule has 0 radical (unpaired) electrons. The molecule has 1 saturated heterocycles. The number of hydrogen-bond donors (Lipinski definition) is 3. The zero-order chi connectivity index (χ0) is 15.3. The second kappa shape index (κ2) is 7.35. The minimum absolute atomic E-state index is 0.0127. The summed E-state index contributed by atoms with van der Waals surface area (Å²) in [4.78, 5) is 12.0. The standard InChI is InChI=1S/C13H21N3O3S2/c1-10-9-11(4-5-14-10)13(17)15-6-7-16-21(18,19)12-3-2-8-20-12/h2-3,8,10-11,14,16H,4-7,9H2,1H3,(H,15,17)/t10-,11-/m0/s1. The van der Waals surface area contributed by atoms with Gasteiger partial charge in [-0.2, -0.15) is 0 Å². The lowest BCUT2D eigenvalue weighted by atomic mass is 9.92. The van der Waals surface area contributed by atoms with Crippen LogP contribution in [-0.2, 0) is 14.8 Å². The van der Waals surface area contributed by atoms with Crippen molar-refractivity contribution >= 4 is 27.3 Å². The summed E-state index contributed by atoms with van der Waals surface area (Å²) in [6.07, 6.45) is 1.66. The Morgan fingerprint density at radius 3 is 2.95 bits per heavy atom. The Labute approximate surface area is 129 Å². The van der Waals surface area contributed by atoms with E-state index in [4.69, 9.17) is 0 Å². The maximum Gasteiger partial charge on any atom is 0.250 e. The SMILES string of the molecule is C[C@H]1C[C@@H](C(=O)NCCNS(=O)(=O)c2cccs2)CCN1. The lowest BCUT2D eigenvalue weighted by Crippen LogP contribution is -2.44. The molecule has 0 unspecified atom stereocenters. The molecule has 2 rings (SSSR count). The largest absolute Gasteiger partial charge is 0.355 e. The molecule has 0 aromatic carbocycles. The second-order valence-corrected chi connectivity index (χ2v) is 8.14. The highest BCUT2D eigenvalue weighted by molar-refractivity contribution is 7.91. The number of thiophene rings is 1. The van der Waals surface area contributed by atoms with Crippen LogP contribution in [0.4, 0.5) is 0 Å². The van der Waals surface area contributed by atoms with E-state index in [0.717, 1.165) is 19.4 Å². The molecule has 3 N–H and O–H groups in total. The molecule has 1 aromatic rings. The van der Waals surface area contributed by atoms with E-state index in [-0.39, 0.29) is 18.4 Å². The third kappa shape index (κ3) is 4.77. The van der Waals surface area contributed by atoms with Crippen LogP contribution in [0.15, 0.2) is 21.7 Å². The van der Waals surface area contributed by atoms with E-state index >= 15 is 0 Å². The molecular formula is C13H21N3O3S2. The summed E-state index contributed by atoms with van der Waals surface area (Å²) in [5, 5.41) is 7.82. The van der Waals surface area contributed by atoms with Gasteiger partial charge in [0.15, 0.2) is 0 Å². The van der Waals surface area contributed by atoms with Crippen LogP contribution in [0.2, 0.25) is 0 Å². The van der Waals surface area contributed by atoms with Crippen molar-refractivity contribution < 1.29 is 13.2 Å². The van der Waals surface area contributed by atoms with Gasteiger partial charge in [0.2, 0.25) is 15.9 Å². The zero-order valence-electron chi connectivity index (χ0n) is 12.0. The van der Waals surface area contributed by atoms with Gasteiger partial charge in [-0.3, -0.25) is 4.79 Å². The molecule has 1 aliphatic rings. The van der Waals surface area contributed by atoms with Crippen molar-refractivity contribution in [3.05, 3.63) is 17.5 Å². The van der Waals surface area contributed by atoms with Crippen LogP contribution in [0.1, 0.15) is 19.8 Å². The lowest BCUT2D eigenvalue weighted by molar-refractivity contribution is -0.126. The highest BCUT2D eigenvalue weighted by Crippen LogP contribution is 2.16. The van der Waals surface area contributed by atoms with Gasteiger partial charge in [-0.1, -0.05) is 6.07 Å². The Balaban J connectivity index is 1.71. The number of carbonyl (C=O) groups is 1. The topological polar surface area (TPSA) is 87.3 Å². The van der Waals surface area contributed by atoms with Crippen LogP contribution in [0, 0.1) is 5.92 Å². The fourth-order valence-corrected chi connectivity index (χ4v) is 4.44. The van der Waals surface area contributed by atoms with Gasteiger partial charge in [-0.15, -0.1) is 11.3 Å². The van der Waals surface area contributed by atoms with Gasteiger partial charge >= 0.3 is 0 Å². The van der Waals surface area contributed by atoms with Crippen molar-refractivity contribution in [2.24, 2.45) is 5.92 Å². The van der Waals surface area contributed by atoms with Crippen LogP contribution < -0.4 is 15.4 Å². The summed E-state index contributed by atoms with van der Waals surface area (Å²) < 4.78 is 26.5. The molecule has 0 spiro atoms. The highest BCUT2D eigenvalue weighted by Gasteiger charge is 2.24. The fraction of sp³-hybridized carbons (Fsp3) is 0.615. The monoisotopic (exact) mass is 331 g/mol. The first kappa shape index (κ1) is 16.4. The van der Waals surface area contributed by atoms with Crippen molar-refractivity contribution in [3.63, 3.8) is 0 Å². The summed E-state index contributed by atoms with van der Waals surface area (Å²) in [6, 6.07) is 3.60. The fourth-order valence-electron chi connectivity index (χ4n) is 2.37. The van der Waals surface area contributed by atoms with Crippen molar-refractivity contribution in [2.75, 3.05) is 19.6 Å². The second-order valence-electron chi connectivity index (χ2n) is 5.20. The van der Waals surface area contributed by atoms with Crippen LogP contribution in [0.25, 0.3) is 0 Å². The molecule has 21 heavy (non-hydrogen) atoms. The minimum Gasteiger partial charge on any atom is -0.355 e. The van der Waals surface area contributed by atoms with Crippen molar-refractivity contribution in [3.8, 4) is 0 Å². The maximum atomic E-state index is 12.0. The zero-order valence-corrected chi connectivity index (χ0v) is 13.6. The van der Waals surface area contributed by atoms with Crippen molar-refractivity contribution in [2.45, 2.75) is 30.0 Å². The summed E-state index contributed by atoms with van der Waals surface area (Å²) in [5.41, 5.74) is 0. The van der Waals surface area contributed by atoms with Gasteiger partial charge in [-0.05, 0) is 37.8 Å². The number of piperidine rings is 1. The van der Waals surface area contributed by atoms with Gasteiger partial charge in [0, 0.05) is 25.0 Å². The first-order chi connectivity index (χ1) is 9.99. The van der Waals surface area contributed by atoms with Crippen molar-refractivity contribution in [1.82, 2.24) is 15.4 Å². The van der Waals surface area contributed by atoms with E-state index in [1.165, 1.54) is 11.3 Å². The Bertz CT molecular complexity index is 557. The van der Waals surface area contributed by atoms with Gasteiger partial charge in [0.05, 0.1) is 0 Å². The average molecular weight is 331 g/mol. The van der Waals surface area contributed by atoms with E-state index in [1.54, 1.807) is 17.5 Å². The van der Waals surface area contributed by atoms with E-state index < -0.39 is 10.0 Å². The van der Waals surface area contributed by atoms with Gasteiger partial charge < -0.3 is 10.6 Å². The van der Waals surface area contributed by atoms with E-state index in [2.05, 4.69) is 22.3 Å². The first-order valence-corrected chi connectivity index (χ1v) is 9.39. The number of sulfonamides is 1. The van der Waals surface area contributed by atoms with Gasteiger partial charge in [-0.25, -0.2) is 13.1 Å². The van der Waals surface area contributed by atoms with E-state index in [9.17, 15) is 13.2 Å². The minimum atomic E-state index is -3.44. The number of carbonyl (C=O) groups excluding carboxylic acids is 1. The maximum absolute atomic E-state index is 12.0. The molecule has 118 valence electrons. The van der Waals surface area contributed by atoms with E-state index in [1.807, 2.05) is 0 Å². The molecule has 2 heterocycles. The van der Waals surface area contributed by atoms with E-state index in [0.29, 0.717) is 16.8 Å². The molecule has 6 nitrogen and oxygen atoms in total. The Kier molecular flexibility index (Phi) is 5.74. The van der Waals surface area contributed by atoms with Gasteiger partial charge in [0.1, 0.15) is 4.21 Å². The van der Waals surface area contributed by atoms with Crippen LogP contribution in [0.3, 0.4) is 0 Å². The number of amides is 1. The molecule has 1 fully saturated rings. The molecular weight excluding hydrogens is 310 g/mol. The van der Waals surface area contributed by atoms with Crippen LogP contribution in [0.5, 0.6) is 0 Å². The summed E-state index contributed by atoms with van der Waals surface area (Å²) in [7, 11) is -3.44. The number of nitrogens with one attached hydrogen (secondary N) is 3. The molecule has 0 aliphatic carbocycles. The number of hydrogen-bond acceptors (Lipinski definition) is 5. The molecule has 0 bridgehead atoms. The summed E-state index contributed by atoms with van der Waals surface area (Å²) in [5.74, 6) is 0.0359. The molecule has 1 aromatic heterocycles. The lowest BCUT2D eigenvalue weighted by Gasteiger charge is -2.27. The predicted octanol–water partition coefficient (Wildman–Crippen LogP) is 0.531. The Hall–Kier alpha value is -0.960. The predicted molar refractivity (Wildman–Crippen MR) is 82.7 cm³/mol. The average Bonchev–Trinajstić information content (AvgIpc) is 2.98. The quantitative estimate of drug-likeness (QED) is 0.664. The summed E-state index contributed by atoms with van der Waals surface area (Å²) >= 11 is 1.17. The third-order valence-corrected chi connectivity index (χ3v) is 6.33. The molecule has 2 atom stereocenters. The van der Waals surface area contributed by atoms with Crippen LogP contribution in [-0.4, -0.2) is 40.0 Å². The van der Waals surface area contributed by atoms with Crippen LogP contribution >= 0.6 is 11.3 Å². The van der Waals surface area contributed by atoms with Gasteiger partial charge in [0.25, 0.3) is 0 Å². The highest BCUT2D eigenvalue weighted by atomic mass is 32.2. The van der Waals surface area contributed by atoms with Crippen molar-refractivity contribution in [1.29, 1.82) is 0 Å². The number of rotatable bonds is 6. The molecule has 1 amide bonds. The summed E-state index contributed by atoms with van der Waals surface area (Å²) in [6.45, 7) is 3.42. The first-order valence-electron chi connectivity index (χ1n) is 7.03. The normalized spacial score (nSPS) is 22.9. The third-order valence-electron chi connectivity index (χ3n) is 3.47.